The van der Waals surface area contributed by atoms with Crippen molar-refractivity contribution in [1.82, 2.24) is 0 Å². The second-order valence-electron chi connectivity index (χ2n) is 3.37. The molecule has 0 aliphatic heterocycles. The van der Waals surface area contributed by atoms with Crippen LogP contribution >= 0.6 is 0 Å². The monoisotopic (exact) mass is 192 g/mol. The number of methoxy groups -OCH3 is 1. The molecule has 0 saturated heterocycles. The predicted octanol–water partition coefficient (Wildman–Crippen LogP) is 2.94. The highest BCUT2D eigenvalue weighted by molar-refractivity contribution is 5.46. The van der Waals surface area contributed by atoms with Crippen molar-refractivity contribution in [2.45, 2.75) is 19.8 Å². The molecule has 0 aliphatic carbocycles. The van der Waals surface area contributed by atoms with Crippen LogP contribution in [0.15, 0.2) is 12.1 Å². The first-order valence-corrected chi connectivity index (χ1v) is 4.44. The van der Waals surface area contributed by atoms with Gasteiger partial charge in [0.05, 0.1) is 12.7 Å². The van der Waals surface area contributed by atoms with E-state index in [1.54, 1.807) is 13.2 Å². The molecule has 0 unspecified atom stereocenters. The topological polar surface area (TPSA) is 9.23 Å². The van der Waals surface area contributed by atoms with Crippen molar-refractivity contribution in [2.75, 3.05) is 7.11 Å². The van der Waals surface area contributed by atoms with E-state index in [9.17, 15) is 4.39 Å². The third-order valence-electron chi connectivity index (χ3n) is 2.10. The fraction of sp³-hybridized carbons (Fsp3) is 0.333. The van der Waals surface area contributed by atoms with Crippen LogP contribution in [0.1, 0.15) is 30.9 Å². The summed E-state index contributed by atoms with van der Waals surface area (Å²) < 4.78 is 18.5. The van der Waals surface area contributed by atoms with E-state index >= 15 is 0 Å². The van der Waals surface area contributed by atoms with Crippen LogP contribution in [0, 0.1) is 18.2 Å². The average Bonchev–Trinajstić information content (AvgIpc) is 2.17. The molecule has 0 fully saturated rings. The minimum atomic E-state index is -0.364. The Morgan fingerprint density at radius 1 is 1.43 bits per heavy atom. The molecule has 0 radical (unpaired) electrons. The summed E-state index contributed by atoms with van der Waals surface area (Å²) >= 11 is 0. The summed E-state index contributed by atoms with van der Waals surface area (Å²) in [5.41, 5.74) is 1.08. The van der Waals surface area contributed by atoms with Crippen molar-refractivity contribution in [1.29, 1.82) is 0 Å². The lowest BCUT2D eigenvalue weighted by Crippen LogP contribution is -1.97. The minimum absolute atomic E-state index is 0.214. The van der Waals surface area contributed by atoms with E-state index in [-0.39, 0.29) is 17.3 Å². The predicted molar refractivity (Wildman–Crippen MR) is 55.0 cm³/mol. The lowest BCUT2D eigenvalue weighted by Gasteiger charge is -2.12. The van der Waals surface area contributed by atoms with Gasteiger partial charge in [0.1, 0.15) is 11.6 Å². The first-order valence-electron chi connectivity index (χ1n) is 4.44. The largest absolute Gasteiger partial charge is 0.496 e. The Bertz CT molecular complexity index is 375. The van der Waals surface area contributed by atoms with E-state index in [4.69, 9.17) is 11.2 Å². The maximum absolute atomic E-state index is 13.3. The average molecular weight is 192 g/mol. The van der Waals surface area contributed by atoms with Crippen LogP contribution in [-0.4, -0.2) is 7.11 Å². The van der Waals surface area contributed by atoms with Crippen LogP contribution in [0.25, 0.3) is 0 Å². The molecular weight excluding hydrogens is 179 g/mol. The van der Waals surface area contributed by atoms with E-state index in [2.05, 4.69) is 5.92 Å². The van der Waals surface area contributed by atoms with Gasteiger partial charge < -0.3 is 4.74 Å². The standard InChI is InChI=1S/C12H13FO/c1-5-9-6-12(14-4)10(8(2)3)7-11(9)13/h1,6-8H,2-4H3. The molecular formula is C12H13FO. The van der Waals surface area contributed by atoms with E-state index in [1.807, 2.05) is 13.8 Å². The first-order chi connectivity index (χ1) is 6.60. The smallest absolute Gasteiger partial charge is 0.139 e. The number of hydrogen-bond acceptors (Lipinski definition) is 1. The zero-order chi connectivity index (χ0) is 10.7. The second kappa shape index (κ2) is 4.15. The third kappa shape index (κ3) is 1.88. The molecule has 0 saturated carbocycles. The van der Waals surface area contributed by atoms with Gasteiger partial charge in [-0.2, -0.15) is 0 Å². The normalized spacial score (nSPS) is 10.0. The summed E-state index contributed by atoms with van der Waals surface area (Å²) in [6.45, 7) is 3.96. The summed E-state index contributed by atoms with van der Waals surface area (Å²) in [5.74, 6) is 2.78. The van der Waals surface area contributed by atoms with Gasteiger partial charge in [0.2, 0.25) is 0 Å². The molecule has 0 heterocycles. The maximum Gasteiger partial charge on any atom is 0.139 e. The van der Waals surface area contributed by atoms with E-state index < -0.39 is 0 Å². The molecule has 1 aromatic carbocycles. The Balaban J connectivity index is 3.33. The van der Waals surface area contributed by atoms with Gasteiger partial charge in [-0.3, -0.25) is 0 Å². The van der Waals surface area contributed by atoms with Crippen molar-refractivity contribution >= 4 is 0 Å². The molecule has 14 heavy (non-hydrogen) atoms. The lowest BCUT2D eigenvalue weighted by molar-refractivity contribution is 0.406. The van der Waals surface area contributed by atoms with Crippen LogP contribution in [0.3, 0.4) is 0 Å². The Hall–Kier alpha value is -1.49. The molecule has 0 bridgehead atoms. The van der Waals surface area contributed by atoms with E-state index in [0.717, 1.165) is 5.56 Å². The van der Waals surface area contributed by atoms with E-state index in [1.165, 1.54) is 6.07 Å². The van der Waals surface area contributed by atoms with Gasteiger partial charge in [-0.05, 0) is 23.6 Å². The summed E-state index contributed by atoms with van der Waals surface area (Å²) in [4.78, 5) is 0. The van der Waals surface area contributed by atoms with Gasteiger partial charge in [0, 0.05) is 0 Å². The van der Waals surface area contributed by atoms with Crippen LogP contribution in [0.5, 0.6) is 5.75 Å². The van der Waals surface area contributed by atoms with Crippen molar-refractivity contribution in [3.63, 3.8) is 0 Å². The van der Waals surface area contributed by atoms with Crippen molar-refractivity contribution < 1.29 is 9.13 Å². The number of rotatable bonds is 2. The molecule has 0 amide bonds. The highest BCUT2D eigenvalue weighted by atomic mass is 19.1. The van der Waals surface area contributed by atoms with Crippen LogP contribution in [0.2, 0.25) is 0 Å². The fourth-order valence-corrected chi connectivity index (χ4v) is 1.31. The molecule has 0 aromatic heterocycles. The minimum Gasteiger partial charge on any atom is -0.496 e. The molecule has 2 heteroatoms. The molecule has 0 N–H and O–H groups in total. The van der Waals surface area contributed by atoms with Gasteiger partial charge in [-0.15, -0.1) is 6.42 Å². The molecule has 1 rings (SSSR count). The van der Waals surface area contributed by atoms with Gasteiger partial charge >= 0.3 is 0 Å². The zero-order valence-electron chi connectivity index (χ0n) is 8.60. The Morgan fingerprint density at radius 2 is 2.07 bits per heavy atom. The second-order valence-corrected chi connectivity index (χ2v) is 3.37. The van der Waals surface area contributed by atoms with Crippen LogP contribution in [-0.2, 0) is 0 Å². The summed E-state index contributed by atoms with van der Waals surface area (Å²) in [6, 6.07) is 3.00. The van der Waals surface area contributed by atoms with Crippen molar-refractivity contribution in [3.8, 4) is 18.1 Å². The fourth-order valence-electron chi connectivity index (χ4n) is 1.31. The summed E-state index contributed by atoms with van der Waals surface area (Å²) in [5, 5.41) is 0. The highest BCUT2D eigenvalue weighted by Gasteiger charge is 2.11. The van der Waals surface area contributed by atoms with Gasteiger partial charge in [0.25, 0.3) is 0 Å². The summed E-state index contributed by atoms with van der Waals surface area (Å²) in [7, 11) is 1.55. The Kier molecular flexibility index (Phi) is 3.14. The van der Waals surface area contributed by atoms with Gasteiger partial charge in [-0.1, -0.05) is 19.8 Å². The van der Waals surface area contributed by atoms with Gasteiger partial charge in [0.15, 0.2) is 0 Å². The van der Waals surface area contributed by atoms with Crippen LogP contribution in [0.4, 0.5) is 4.39 Å². The molecule has 0 atom stereocenters. The van der Waals surface area contributed by atoms with Crippen LogP contribution < -0.4 is 4.74 Å². The van der Waals surface area contributed by atoms with Crippen molar-refractivity contribution in [3.05, 3.63) is 29.1 Å². The maximum atomic E-state index is 13.3. The zero-order valence-corrected chi connectivity index (χ0v) is 8.60. The summed E-state index contributed by atoms with van der Waals surface area (Å²) in [6.07, 6.45) is 5.15. The van der Waals surface area contributed by atoms with E-state index in [0.29, 0.717) is 5.75 Å². The number of hydrogen-bond donors (Lipinski definition) is 0. The number of benzene rings is 1. The number of terminal acetylenes is 1. The SMILES string of the molecule is C#Cc1cc(OC)c(C(C)C)cc1F. The lowest BCUT2D eigenvalue weighted by atomic mass is 10.00. The Morgan fingerprint density at radius 3 is 2.50 bits per heavy atom. The molecule has 0 spiro atoms. The Labute approximate surface area is 83.9 Å². The van der Waals surface area contributed by atoms with Crippen molar-refractivity contribution in [2.24, 2.45) is 0 Å². The van der Waals surface area contributed by atoms with Gasteiger partial charge in [-0.25, -0.2) is 4.39 Å². The molecule has 1 nitrogen and oxygen atoms in total. The first kappa shape index (κ1) is 10.6. The molecule has 1 aromatic rings. The molecule has 0 aliphatic rings. The number of halogens is 1. The molecule has 74 valence electrons. The third-order valence-corrected chi connectivity index (χ3v) is 2.10. The highest BCUT2D eigenvalue weighted by Crippen LogP contribution is 2.28. The quantitative estimate of drug-likeness (QED) is 0.654. The number of ether oxygens (including phenoxy) is 1.